The molecule has 0 unspecified atom stereocenters. The number of pyridine rings is 1. The van der Waals surface area contributed by atoms with E-state index in [1.807, 2.05) is 12.1 Å². The van der Waals surface area contributed by atoms with Crippen LogP contribution in [0.3, 0.4) is 0 Å². The van der Waals surface area contributed by atoms with E-state index in [1.54, 1.807) is 24.3 Å². The Morgan fingerprint density at radius 1 is 1.10 bits per heavy atom. The van der Waals surface area contributed by atoms with Crippen molar-refractivity contribution in [2.45, 2.75) is 19.9 Å². The minimum Gasteiger partial charge on any atom is -0.437 e. The lowest BCUT2D eigenvalue weighted by Crippen LogP contribution is -2.15. The second-order valence-corrected chi connectivity index (χ2v) is 5.10. The Kier molecular flexibility index (Phi) is 5.65. The number of hydrogen-bond donors (Lipinski definition) is 1. The summed E-state index contributed by atoms with van der Waals surface area (Å²) in [6.45, 7) is 3.65. The molecular weight excluding hydrogens is 295 g/mol. The van der Waals surface area contributed by atoms with Gasteiger partial charge in [0.15, 0.2) is 0 Å². The largest absolute Gasteiger partial charge is 0.437 e. The van der Waals surface area contributed by atoms with Gasteiger partial charge in [-0.25, -0.2) is 4.98 Å². The Morgan fingerprint density at radius 2 is 1.90 bits per heavy atom. The Labute approximate surface area is 128 Å². The molecule has 0 amide bonds. The fraction of sp³-hybridized carbons (Fsp3) is 0.267. The van der Waals surface area contributed by atoms with Crippen molar-refractivity contribution in [1.82, 2.24) is 10.3 Å². The van der Waals surface area contributed by atoms with Gasteiger partial charge in [0.1, 0.15) is 5.75 Å². The lowest BCUT2D eigenvalue weighted by atomic mass is 10.3. The number of halogens is 2. The lowest BCUT2D eigenvalue weighted by molar-refractivity contribution is 0.460. The summed E-state index contributed by atoms with van der Waals surface area (Å²) < 4.78 is 5.68. The Bertz CT molecular complexity index is 576. The number of rotatable bonds is 6. The van der Waals surface area contributed by atoms with Crippen molar-refractivity contribution in [3.05, 3.63) is 52.1 Å². The van der Waals surface area contributed by atoms with E-state index in [-0.39, 0.29) is 0 Å². The molecular formula is C15H16Cl2N2O. The van der Waals surface area contributed by atoms with Crippen molar-refractivity contribution in [3.63, 3.8) is 0 Å². The van der Waals surface area contributed by atoms with Crippen LogP contribution < -0.4 is 10.1 Å². The summed E-state index contributed by atoms with van der Waals surface area (Å²) in [5.41, 5.74) is 0.768. The summed E-state index contributed by atoms with van der Waals surface area (Å²) in [6, 6.07) is 10.8. The van der Waals surface area contributed by atoms with E-state index in [2.05, 4.69) is 17.2 Å². The number of hydrogen-bond acceptors (Lipinski definition) is 3. The fourth-order valence-electron chi connectivity index (χ4n) is 1.67. The molecule has 1 N–H and O–H groups in total. The van der Waals surface area contributed by atoms with Gasteiger partial charge in [-0.05, 0) is 31.2 Å². The topological polar surface area (TPSA) is 34.2 Å². The number of nitrogens with one attached hydrogen (secondary N) is 1. The van der Waals surface area contributed by atoms with Crippen molar-refractivity contribution < 1.29 is 4.74 Å². The first kappa shape index (κ1) is 15.1. The first-order valence-electron chi connectivity index (χ1n) is 6.49. The standard InChI is InChI=1S/C15H16Cl2N2O/c1-2-9-18-10-13-11(16)7-8-15(19-13)20-14-6-4-3-5-12(14)17/h3-8,18H,2,9-10H2,1H3. The average molecular weight is 311 g/mol. The van der Waals surface area contributed by atoms with E-state index >= 15 is 0 Å². The van der Waals surface area contributed by atoms with Gasteiger partial charge in [-0.2, -0.15) is 0 Å². The van der Waals surface area contributed by atoms with Crippen LogP contribution >= 0.6 is 23.2 Å². The minimum atomic E-state index is 0.482. The van der Waals surface area contributed by atoms with Crippen LogP contribution in [0.25, 0.3) is 0 Å². The zero-order valence-corrected chi connectivity index (χ0v) is 12.7. The van der Waals surface area contributed by atoms with Gasteiger partial charge in [-0.1, -0.05) is 42.3 Å². The van der Waals surface area contributed by atoms with Crippen LogP contribution in [0.2, 0.25) is 10.0 Å². The van der Waals surface area contributed by atoms with E-state index in [9.17, 15) is 0 Å². The first-order chi connectivity index (χ1) is 9.70. The maximum Gasteiger partial charge on any atom is 0.219 e. The maximum absolute atomic E-state index is 6.13. The summed E-state index contributed by atoms with van der Waals surface area (Å²) in [5.74, 6) is 1.06. The lowest BCUT2D eigenvalue weighted by Gasteiger charge is -2.09. The smallest absolute Gasteiger partial charge is 0.219 e. The third kappa shape index (κ3) is 4.10. The van der Waals surface area contributed by atoms with Crippen molar-refractivity contribution in [1.29, 1.82) is 0 Å². The average Bonchev–Trinajstić information content (AvgIpc) is 2.45. The zero-order valence-electron chi connectivity index (χ0n) is 11.2. The molecule has 2 aromatic rings. The normalized spacial score (nSPS) is 10.6. The number of nitrogens with zero attached hydrogens (tertiary/aromatic N) is 1. The number of para-hydroxylation sites is 1. The second kappa shape index (κ2) is 7.48. The van der Waals surface area contributed by atoms with Gasteiger partial charge < -0.3 is 10.1 Å². The second-order valence-electron chi connectivity index (χ2n) is 4.29. The van der Waals surface area contributed by atoms with E-state index in [0.717, 1.165) is 18.7 Å². The van der Waals surface area contributed by atoms with Crippen LogP contribution in [0, 0.1) is 0 Å². The molecule has 2 rings (SSSR count). The molecule has 0 atom stereocenters. The predicted molar refractivity (Wildman–Crippen MR) is 82.8 cm³/mol. The van der Waals surface area contributed by atoms with Crippen molar-refractivity contribution in [2.24, 2.45) is 0 Å². The highest BCUT2D eigenvalue weighted by Crippen LogP contribution is 2.28. The van der Waals surface area contributed by atoms with Gasteiger partial charge in [-0.15, -0.1) is 0 Å². The van der Waals surface area contributed by atoms with E-state index in [1.165, 1.54) is 0 Å². The molecule has 0 fully saturated rings. The number of benzene rings is 1. The Hall–Kier alpha value is -1.29. The van der Waals surface area contributed by atoms with Crippen molar-refractivity contribution in [3.8, 4) is 11.6 Å². The van der Waals surface area contributed by atoms with Crippen LogP contribution in [-0.4, -0.2) is 11.5 Å². The number of ether oxygens (including phenoxy) is 1. The molecule has 3 nitrogen and oxygen atoms in total. The van der Waals surface area contributed by atoms with Gasteiger partial charge in [0.05, 0.1) is 15.7 Å². The van der Waals surface area contributed by atoms with Crippen molar-refractivity contribution >= 4 is 23.2 Å². The highest BCUT2D eigenvalue weighted by atomic mass is 35.5. The first-order valence-corrected chi connectivity index (χ1v) is 7.25. The molecule has 1 aromatic carbocycles. The predicted octanol–water partition coefficient (Wildman–Crippen LogP) is 4.68. The van der Waals surface area contributed by atoms with Gasteiger partial charge in [0.25, 0.3) is 0 Å². The molecule has 0 aliphatic carbocycles. The van der Waals surface area contributed by atoms with E-state index in [0.29, 0.717) is 28.2 Å². The van der Waals surface area contributed by atoms with Crippen LogP contribution in [0.15, 0.2) is 36.4 Å². The molecule has 1 aromatic heterocycles. The third-order valence-corrected chi connectivity index (χ3v) is 3.32. The SMILES string of the molecule is CCCNCc1nc(Oc2ccccc2Cl)ccc1Cl. The number of aromatic nitrogens is 1. The molecule has 0 saturated carbocycles. The molecule has 0 saturated heterocycles. The summed E-state index contributed by atoms with van der Waals surface area (Å²) in [5, 5.41) is 4.44. The third-order valence-electron chi connectivity index (χ3n) is 2.66. The quantitative estimate of drug-likeness (QED) is 0.787. The molecule has 0 aliphatic heterocycles. The van der Waals surface area contributed by atoms with E-state index in [4.69, 9.17) is 27.9 Å². The summed E-state index contributed by atoms with van der Waals surface area (Å²) >= 11 is 12.2. The van der Waals surface area contributed by atoms with Gasteiger partial charge in [0.2, 0.25) is 5.88 Å². The molecule has 5 heteroatoms. The van der Waals surface area contributed by atoms with Crippen LogP contribution in [0.1, 0.15) is 19.0 Å². The molecule has 106 valence electrons. The Morgan fingerprint density at radius 3 is 2.65 bits per heavy atom. The minimum absolute atomic E-state index is 0.482. The Balaban J connectivity index is 2.13. The van der Waals surface area contributed by atoms with Gasteiger partial charge in [0, 0.05) is 12.6 Å². The molecule has 0 radical (unpaired) electrons. The van der Waals surface area contributed by atoms with Crippen LogP contribution in [0.4, 0.5) is 0 Å². The summed E-state index contributed by atoms with van der Waals surface area (Å²) in [4.78, 5) is 4.41. The maximum atomic E-state index is 6.13. The van der Waals surface area contributed by atoms with Gasteiger partial charge >= 0.3 is 0 Å². The summed E-state index contributed by atoms with van der Waals surface area (Å²) in [7, 11) is 0. The molecule has 0 spiro atoms. The molecule has 0 aliphatic rings. The van der Waals surface area contributed by atoms with Gasteiger partial charge in [-0.3, -0.25) is 0 Å². The summed E-state index contributed by atoms with van der Waals surface area (Å²) in [6.07, 6.45) is 1.06. The fourth-order valence-corrected chi connectivity index (χ4v) is 2.02. The highest BCUT2D eigenvalue weighted by Gasteiger charge is 2.07. The monoisotopic (exact) mass is 310 g/mol. The molecule has 0 bridgehead atoms. The van der Waals surface area contributed by atoms with Crippen LogP contribution in [-0.2, 0) is 6.54 Å². The van der Waals surface area contributed by atoms with Crippen molar-refractivity contribution in [2.75, 3.05) is 6.54 Å². The van der Waals surface area contributed by atoms with E-state index < -0.39 is 0 Å². The zero-order chi connectivity index (χ0) is 14.4. The molecule has 1 heterocycles. The van der Waals surface area contributed by atoms with Crippen LogP contribution in [0.5, 0.6) is 11.6 Å². The molecule has 20 heavy (non-hydrogen) atoms. The highest BCUT2D eigenvalue weighted by molar-refractivity contribution is 6.32.